The maximum absolute atomic E-state index is 11.6. The zero-order valence-electron chi connectivity index (χ0n) is 11.7. The third-order valence-electron chi connectivity index (χ3n) is 2.60. The van der Waals surface area contributed by atoms with E-state index in [0.29, 0.717) is 6.42 Å². The molecule has 0 bridgehead atoms. The Bertz CT molecular complexity index is 469. The van der Waals surface area contributed by atoms with E-state index in [1.54, 1.807) is 6.08 Å². The highest BCUT2D eigenvalue weighted by Gasteiger charge is 2.20. The lowest BCUT2D eigenvalue weighted by atomic mass is 10.0. The first-order valence-electron chi connectivity index (χ1n) is 6.50. The molecular formula is C15H20N2O3. The number of urea groups is 1. The molecule has 0 radical (unpaired) electrons. The third-order valence-corrected chi connectivity index (χ3v) is 2.60. The lowest BCUT2D eigenvalue weighted by Gasteiger charge is -2.15. The molecule has 1 rings (SSSR count). The van der Waals surface area contributed by atoms with Crippen LogP contribution in [0.25, 0.3) is 6.08 Å². The Kier molecular flexibility index (Phi) is 6.29. The second kappa shape index (κ2) is 7.99. The second-order valence-corrected chi connectivity index (χ2v) is 4.88. The van der Waals surface area contributed by atoms with Crippen LogP contribution in [0.5, 0.6) is 0 Å². The van der Waals surface area contributed by atoms with Crippen LogP contribution in [0.4, 0.5) is 4.79 Å². The maximum atomic E-state index is 11.6. The van der Waals surface area contributed by atoms with Gasteiger partial charge in [-0.25, -0.2) is 9.59 Å². The van der Waals surface area contributed by atoms with E-state index in [4.69, 9.17) is 5.11 Å². The summed E-state index contributed by atoms with van der Waals surface area (Å²) in [6, 6.07) is 8.08. The van der Waals surface area contributed by atoms with Crippen LogP contribution in [0, 0.1) is 5.92 Å². The minimum Gasteiger partial charge on any atom is -0.480 e. The predicted molar refractivity (Wildman–Crippen MR) is 78.0 cm³/mol. The lowest BCUT2D eigenvalue weighted by molar-refractivity contribution is -0.139. The van der Waals surface area contributed by atoms with Crippen LogP contribution in [-0.2, 0) is 4.79 Å². The quantitative estimate of drug-likeness (QED) is 0.746. The number of rotatable bonds is 6. The zero-order chi connectivity index (χ0) is 15.0. The number of carbonyl (C=O) groups is 2. The fraction of sp³-hybridized carbons (Fsp3) is 0.333. The van der Waals surface area contributed by atoms with Crippen molar-refractivity contribution in [3.05, 3.63) is 42.1 Å². The molecule has 0 aliphatic rings. The van der Waals surface area contributed by atoms with Gasteiger partial charge in [-0.05, 0) is 24.0 Å². The van der Waals surface area contributed by atoms with E-state index in [1.807, 2.05) is 44.2 Å². The number of carbonyl (C=O) groups excluding carboxylic acids is 1. The molecule has 1 aromatic rings. The summed E-state index contributed by atoms with van der Waals surface area (Å²) in [7, 11) is 0. The monoisotopic (exact) mass is 276 g/mol. The van der Waals surface area contributed by atoms with E-state index in [2.05, 4.69) is 10.6 Å². The normalized spacial score (nSPS) is 12.3. The molecule has 20 heavy (non-hydrogen) atoms. The fourth-order valence-electron chi connectivity index (χ4n) is 1.67. The Labute approximate surface area is 118 Å². The molecule has 0 aliphatic heterocycles. The Balaban J connectivity index is 2.46. The molecule has 0 saturated heterocycles. The number of hydrogen-bond donors (Lipinski definition) is 3. The minimum absolute atomic E-state index is 0.191. The zero-order valence-corrected chi connectivity index (χ0v) is 11.7. The van der Waals surface area contributed by atoms with Crippen LogP contribution in [0.2, 0.25) is 0 Å². The average Bonchev–Trinajstić information content (AvgIpc) is 2.38. The van der Waals surface area contributed by atoms with Gasteiger partial charge in [0.05, 0.1) is 0 Å². The Hall–Kier alpha value is -2.30. The summed E-state index contributed by atoms with van der Waals surface area (Å²) in [4.78, 5) is 22.6. The summed E-state index contributed by atoms with van der Waals surface area (Å²) in [5, 5.41) is 13.9. The van der Waals surface area contributed by atoms with Crippen LogP contribution < -0.4 is 10.6 Å². The van der Waals surface area contributed by atoms with Gasteiger partial charge in [-0.2, -0.15) is 0 Å². The molecule has 1 unspecified atom stereocenters. The summed E-state index contributed by atoms with van der Waals surface area (Å²) in [6.45, 7) is 3.82. The van der Waals surface area contributed by atoms with Crippen molar-refractivity contribution in [3.63, 3.8) is 0 Å². The van der Waals surface area contributed by atoms with Crippen molar-refractivity contribution < 1.29 is 14.7 Å². The lowest BCUT2D eigenvalue weighted by Crippen LogP contribution is -2.45. The number of hydrogen-bond acceptors (Lipinski definition) is 2. The highest BCUT2D eigenvalue weighted by Crippen LogP contribution is 2.04. The molecule has 1 atom stereocenters. The van der Waals surface area contributed by atoms with Gasteiger partial charge < -0.3 is 15.7 Å². The molecule has 0 aliphatic carbocycles. The summed E-state index contributed by atoms with van der Waals surface area (Å²) in [5.41, 5.74) is 0.949. The number of benzene rings is 1. The molecule has 0 aromatic heterocycles. The Morgan fingerprint density at radius 1 is 1.25 bits per heavy atom. The molecule has 0 heterocycles. The summed E-state index contributed by atoms with van der Waals surface area (Å²) in [6.07, 6.45) is 3.61. The van der Waals surface area contributed by atoms with Gasteiger partial charge in [0.2, 0.25) is 0 Å². The number of amides is 2. The van der Waals surface area contributed by atoms with Crippen molar-refractivity contribution in [2.45, 2.75) is 26.3 Å². The predicted octanol–water partition coefficient (Wildman–Crippen LogP) is 2.46. The van der Waals surface area contributed by atoms with E-state index in [1.165, 1.54) is 6.20 Å². The van der Waals surface area contributed by atoms with E-state index in [-0.39, 0.29) is 5.92 Å². The van der Waals surface area contributed by atoms with Crippen molar-refractivity contribution in [2.75, 3.05) is 0 Å². The number of carboxylic acids is 1. The van der Waals surface area contributed by atoms with E-state index in [0.717, 1.165) is 5.56 Å². The molecule has 5 heteroatoms. The topological polar surface area (TPSA) is 78.4 Å². The van der Waals surface area contributed by atoms with Crippen LogP contribution in [0.15, 0.2) is 36.5 Å². The van der Waals surface area contributed by atoms with Crippen LogP contribution >= 0.6 is 0 Å². The molecular weight excluding hydrogens is 256 g/mol. The number of carboxylic acid groups (broad SMARTS) is 1. The Morgan fingerprint density at radius 3 is 2.45 bits per heavy atom. The fourth-order valence-corrected chi connectivity index (χ4v) is 1.67. The first kappa shape index (κ1) is 15.8. The van der Waals surface area contributed by atoms with Gasteiger partial charge in [0.1, 0.15) is 6.04 Å². The van der Waals surface area contributed by atoms with Crippen molar-refractivity contribution >= 4 is 18.1 Å². The van der Waals surface area contributed by atoms with Gasteiger partial charge in [0.25, 0.3) is 0 Å². The van der Waals surface area contributed by atoms with Gasteiger partial charge in [0.15, 0.2) is 0 Å². The summed E-state index contributed by atoms with van der Waals surface area (Å²) >= 11 is 0. The van der Waals surface area contributed by atoms with Crippen molar-refractivity contribution in [1.82, 2.24) is 10.6 Å². The van der Waals surface area contributed by atoms with E-state index in [9.17, 15) is 9.59 Å². The van der Waals surface area contributed by atoms with Gasteiger partial charge >= 0.3 is 12.0 Å². The average molecular weight is 276 g/mol. The standard InChI is InChI=1S/C15H20N2O3/c1-11(2)10-13(14(18)19)17-15(20)16-9-8-12-6-4-3-5-7-12/h3-9,11,13H,10H2,1-2H3,(H,18,19)(H2,16,17,20)/b9-8+. The summed E-state index contributed by atoms with van der Waals surface area (Å²) < 4.78 is 0. The second-order valence-electron chi connectivity index (χ2n) is 4.88. The van der Waals surface area contributed by atoms with Gasteiger partial charge in [-0.3, -0.25) is 0 Å². The van der Waals surface area contributed by atoms with Crippen molar-refractivity contribution in [2.24, 2.45) is 5.92 Å². The van der Waals surface area contributed by atoms with Crippen LogP contribution in [0.3, 0.4) is 0 Å². The van der Waals surface area contributed by atoms with Crippen LogP contribution in [0.1, 0.15) is 25.8 Å². The van der Waals surface area contributed by atoms with Crippen molar-refractivity contribution in [1.29, 1.82) is 0 Å². The molecule has 0 saturated carbocycles. The SMILES string of the molecule is CC(C)CC(NC(=O)N/C=C/c1ccccc1)C(=O)O. The molecule has 2 amide bonds. The van der Waals surface area contributed by atoms with Crippen molar-refractivity contribution in [3.8, 4) is 0 Å². The minimum atomic E-state index is -1.03. The highest BCUT2D eigenvalue weighted by molar-refractivity contribution is 5.83. The Morgan fingerprint density at radius 2 is 1.90 bits per heavy atom. The smallest absolute Gasteiger partial charge is 0.326 e. The highest BCUT2D eigenvalue weighted by atomic mass is 16.4. The largest absolute Gasteiger partial charge is 0.480 e. The third kappa shape index (κ3) is 6.04. The maximum Gasteiger partial charge on any atom is 0.326 e. The number of aliphatic carboxylic acids is 1. The van der Waals surface area contributed by atoms with E-state index >= 15 is 0 Å². The van der Waals surface area contributed by atoms with Gasteiger partial charge in [-0.15, -0.1) is 0 Å². The first-order chi connectivity index (χ1) is 9.49. The molecule has 1 aromatic carbocycles. The van der Waals surface area contributed by atoms with Crippen LogP contribution in [-0.4, -0.2) is 23.1 Å². The molecule has 0 spiro atoms. The molecule has 5 nitrogen and oxygen atoms in total. The summed E-state index contributed by atoms with van der Waals surface area (Å²) in [5.74, 6) is -0.836. The van der Waals surface area contributed by atoms with E-state index < -0.39 is 18.0 Å². The number of nitrogens with one attached hydrogen (secondary N) is 2. The molecule has 3 N–H and O–H groups in total. The van der Waals surface area contributed by atoms with Gasteiger partial charge in [-0.1, -0.05) is 44.2 Å². The van der Waals surface area contributed by atoms with Gasteiger partial charge in [0, 0.05) is 6.20 Å². The first-order valence-corrected chi connectivity index (χ1v) is 6.50. The molecule has 108 valence electrons. The molecule has 0 fully saturated rings.